The minimum Gasteiger partial charge on any atom is -0.494 e. The number of aromatic nitrogens is 2. The third-order valence-electron chi connectivity index (χ3n) is 3.56. The second kappa shape index (κ2) is 8.40. The van der Waals surface area contributed by atoms with Gasteiger partial charge in [0.25, 0.3) is 5.56 Å². The number of carbonyl (C=O) groups is 1. The van der Waals surface area contributed by atoms with Crippen LogP contribution >= 0.6 is 11.3 Å². The van der Waals surface area contributed by atoms with Crippen molar-refractivity contribution in [2.24, 2.45) is 0 Å². The van der Waals surface area contributed by atoms with Crippen LogP contribution < -0.4 is 19.5 Å². The van der Waals surface area contributed by atoms with Crippen LogP contribution in [0.5, 0.6) is 5.75 Å². The van der Waals surface area contributed by atoms with E-state index in [2.05, 4.69) is 16.9 Å². The number of Topliss-reactive ketones (excluding diaryl/α,β-unsaturated/α-hetero) is 1. The Morgan fingerprint density at radius 3 is 2.62 bits per heavy atom. The average Bonchev–Trinajstić information content (AvgIpc) is 3.00. The lowest BCUT2D eigenvalue weighted by molar-refractivity contribution is 0.106. The van der Waals surface area contributed by atoms with Crippen molar-refractivity contribution in [1.82, 2.24) is 9.97 Å². The van der Waals surface area contributed by atoms with E-state index >= 15 is 0 Å². The van der Waals surface area contributed by atoms with Gasteiger partial charge in [0.2, 0.25) is 0 Å². The van der Waals surface area contributed by atoms with Crippen LogP contribution in [-0.2, 0) is 0 Å². The summed E-state index contributed by atoms with van der Waals surface area (Å²) in [6.45, 7) is 2.73. The SMILES string of the molecule is CCCOc1ccc(/C=c2\s/c(=C\C(=O)c3ccncc3)[nH]c2=O)cc1. The first-order valence-corrected chi connectivity index (χ1v) is 9.07. The molecule has 2 heterocycles. The van der Waals surface area contributed by atoms with E-state index in [9.17, 15) is 9.59 Å². The van der Waals surface area contributed by atoms with Gasteiger partial charge in [-0.3, -0.25) is 14.6 Å². The molecule has 1 N–H and O–H groups in total. The van der Waals surface area contributed by atoms with Crippen molar-refractivity contribution in [1.29, 1.82) is 0 Å². The maximum atomic E-state index is 12.2. The van der Waals surface area contributed by atoms with E-state index < -0.39 is 0 Å². The smallest absolute Gasteiger partial charge is 0.266 e. The van der Waals surface area contributed by atoms with Crippen LogP contribution in [0.1, 0.15) is 29.3 Å². The summed E-state index contributed by atoms with van der Waals surface area (Å²) >= 11 is 1.25. The molecule has 2 aromatic heterocycles. The van der Waals surface area contributed by atoms with E-state index in [1.165, 1.54) is 17.4 Å². The third kappa shape index (κ3) is 4.55. The Morgan fingerprint density at radius 2 is 1.92 bits per heavy atom. The average molecular weight is 366 g/mol. The van der Waals surface area contributed by atoms with Crippen LogP contribution in [0, 0.1) is 0 Å². The molecular formula is C20H18N2O3S. The second-order valence-electron chi connectivity index (χ2n) is 5.59. The van der Waals surface area contributed by atoms with Gasteiger partial charge in [0.15, 0.2) is 5.78 Å². The molecule has 6 heteroatoms. The van der Waals surface area contributed by atoms with Gasteiger partial charge in [-0.1, -0.05) is 19.1 Å². The maximum Gasteiger partial charge on any atom is 0.266 e. The number of aromatic amines is 1. The van der Waals surface area contributed by atoms with Crippen molar-refractivity contribution < 1.29 is 9.53 Å². The third-order valence-corrected chi connectivity index (χ3v) is 4.52. The Morgan fingerprint density at radius 1 is 1.19 bits per heavy atom. The molecule has 0 saturated heterocycles. The van der Waals surface area contributed by atoms with Gasteiger partial charge in [0, 0.05) is 24.0 Å². The molecule has 5 nitrogen and oxygen atoms in total. The predicted molar refractivity (Wildman–Crippen MR) is 103 cm³/mol. The molecule has 0 aliphatic heterocycles. The maximum absolute atomic E-state index is 12.2. The molecule has 0 unspecified atom stereocenters. The van der Waals surface area contributed by atoms with Crippen LogP contribution in [0.3, 0.4) is 0 Å². The van der Waals surface area contributed by atoms with Gasteiger partial charge in [-0.25, -0.2) is 0 Å². The van der Waals surface area contributed by atoms with Crippen molar-refractivity contribution in [2.75, 3.05) is 6.61 Å². The number of carbonyl (C=O) groups excluding carboxylic acids is 1. The van der Waals surface area contributed by atoms with E-state index in [0.29, 0.717) is 21.4 Å². The standard InChI is InChI=1S/C20H18N2O3S/c1-2-11-25-16-5-3-14(4-6-16)12-18-20(24)22-19(26-18)13-17(23)15-7-9-21-10-8-15/h3-10,12-13H,2,11H2,1H3,(H,22,24)/b18-12-,19-13-. The van der Waals surface area contributed by atoms with Gasteiger partial charge in [-0.15, -0.1) is 11.3 Å². The molecule has 0 bridgehead atoms. The van der Waals surface area contributed by atoms with Crippen molar-refractivity contribution in [3.63, 3.8) is 0 Å². The number of H-pyrrole nitrogens is 1. The van der Waals surface area contributed by atoms with Crippen molar-refractivity contribution in [3.8, 4) is 5.75 Å². The molecule has 26 heavy (non-hydrogen) atoms. The fourth-order valence-electron chi connectivity index (χ4n) is 2.27. The Balaban J connectivity index is 1.86. The molecular weight excluding hydrogens is 348 g/mol. The number of ether oxygens (including phenoxy) is 1. The van der Waals surface area contributed by atoms with Crippen LogP contribution in [0.2, 0.25) is 0 Å². The minimum atomic E-state index is -0.213. The molecule has 3 rings (SSSR count). The number of benzene rings is 1. The summed E-state index contributed by atoms with van der Waals surface area (Å²) in [7, 11) is 0. The molecule has 1 aromatic carbocycles. The molecule has 0 amide bonds. The van der Waals surface area contributed by atoms with Gasteiger partial charge in [-0.05, 0) is 42.3 Å². The second-order valence-corrected chi connectivity index (χ2v) is 6.67. The summed E-state index contributed by atoms with van der Waals surface area (Å²) in [6, 6.07) is 10.8. The van der Waals surface area contributed by atoms with Crippen LogP contribution in [-0.4, -0.2) is 22.4 Å². The summed E-state index contributed by atoms with van der Waals surface area (Å²) in [5, 5.41) is 0. The van der Waals surface area contributed by atoms with E-state index in [1.807, 2.05) is 24.3 Å². The summed E-state index contributed by atoms with van der Waals surface area (Å²) in [6.07, 6.45) is 7.30. The number of hydrogen-bond acceptors (Lipinski definition) is 5. The number of ketones is 1. The zero-order chi connectivity index (χ0) is 18.4. The zero-order valence-corrected chi connectivity index (χ0v) is 15.1. The molecule has 0 aliphatic rings. The lowest BCUT2D eigenvalue weighted by Gasteiger charge is -2.03. The lowest BCUT2D eigenvalue weighted by Crippen LogP contribution is -2.20. The number of nitrogens with zero attached hydrogens (tertiary/aromatic N) is 1. The fraction of sp³-hybridized carbons (Fsp3) is 0.150. The number of hydrogen-bond donors (Lipinski definition) is 1. The lowest BCUT2D eigenvalue weighted by atomic mass is 10.2. The first-order chi connectivity index (χ1) is 12.7. The van der Waals surface area contributed by atoms with E-state index in [1.54, 1.807) is 30.6 Å². The molecule has 0 atom stereocenters. The highest BCUT2D eigenvalue weighted by Crippen LogP contribution is 2.12. The van der Waals surface area contributed by atoms with E-state index in [4.69, 9.17) is 4.74 Å². The minimum absolute atomic E-state index is 0.172. The normalized spacial score (nSPS) is 12.3. The number of rotatable bonds is 6. The topological polar surface area (TPSA) is 72.0 Å². The quantitative estimate of drug-likeness (QED) is 0.678. The van der Waals surface area contributed by atoms with Crippen molar-refractivity contribution in [2.45, 2.75) is 13.3 Å². The van der Waals surface area contributed by atoms with Crippen LogP contribution in [0.25, 0.3) is 12.2 Å². The zero-order valence-electron chi connectivity index (χ0n) is 14.3. The Bertz CT molecular complexity index is 1050. The number of thiazole rings is 1. The van der Waals surface area contributed by atoms with Crippen LogP contribution in [0.4, 0.5) is 0 Å². The first-order valence-electron chi connectivity index (χ1n) is 8.25. The predicted octanol–water partition coefficient (Wildman–Crippen LogP) is 2.11. The van der Waals surface area contributed by atoms with Gasteiger partial charge in [0.05, 0.1) is 15.8 Å². The Hall–Kier alpha value is -2.99. The number of nitrogens with one attached hydrogen (secondary N) is 1. The Labute approximate surface area is 154 Å². The van der Waals surface area contributed by atoms with Crippen LogP contribution in [0.15, 0.2) is 53.6 Å². The molecule has 132 valence electrons. The summed E-state index contributed by atoms with van der Waals surface area (Å²) in [5.74, 6) is 0.634. The first kappa shape index (κ1) is 17.8. The van der Waals surface area contributed by atoms with Gasteiger partial charge >= 0.3 is 0 Å². The molecule has 0 fully saturated rings. The molecule has 0 aliphatic carbocycles. The monoisotopic (exact) mass is 366 g/mol. The molecule has 0 radical (unpaired) electrons. The molecule has 3 aromatic rings. The fourth-order valence-corrected chi connectivity index (χ4v) is 3.16. The van der Waals surface area contributed by atoms with Gasteiger partial charge < -0.3 is 9.72 Å². The largest absolute Gasteiger partial charge is 0.494 e. The van der Waals surface area contributed by atoms with E-state index in [0.717, 1.165) is 17.7 Å². The van der Waals surface area contributed by atoms with Crippen molar-refractivity contribution in [3.05, 3.63) is 79.5 Å². The van der Waals surface area contributed by atoms with E-state index in [-0.39, 0.29) is 11.3 Å². The van der Waals surface area contributed by atoms with Crippen molar-refractivity contribution >= 4 is 29.3 Å². The van der Waals surface area contributed by atoms with Gasteiger partial charge in [-0.2, -0.15) is 0 Å². The Kier molecular flexibility index (Phi) is 5.76. The summed E-state index contributed by atoms with van der Waals surface area (Å²) < 4.78 is 6.61. The highest BCUT2D eigenvalue weighted by Gasteiger charge is 2.02. The molecule has 0 saturated carbocycles. The van der Waals surface area contributed by atoms with Gasteiger partial charge in [0.1, 0.15) is 5.75 Å². The highest BCUT2D eigenvalue weighted by atomic mass is 32.1. The molecule has 0 spiro atoms. The number of pyridine rings is 1. The highest BCUT2D eigenvalue weighted by molar-refractivity contribution is 7.07. The summed E-state index contributed by atoms with van der Waals surface area (Å²) in [4.78, 5) is 30.9. The summed E-state index contributed by atoms with van der Waals surface area (Å²) in [5.41, 5.74) is 1.21.